The van der Waals surface area contributed by atoms with E-state index in [-0.39, 0.29) is 33.1 Å². The zero-order valence-electron chi connectivity index (χ0n) is 17.1. The molecule has 0 saturated heterocycles. The van der Waals surface area contributed by atoms with Gasteiger partial charge in [0.15, 0.2) is 0 Å². The molecule has 0 aliphatic carbocycles. The molecule has 0 bridgehead atoms. The lowest BCUT2D eigenvalue weighted by Gasteiger charge is -2.27. The Kier molecular flexibility index (Phi) is 5.92. The number of hydrogen-bond donors (Lipinski definition) is 1. The van der Waals surface area contributed by atoms with Crippen LogP contribution in [-0.4, -0.2) is 38.4 Å². The highest BCUT2D eigenvalue weighted by molar-refractivity contribution is 7.92. The number of carboxylic acid groups (broad SMARTS) is 1. The number of anilines is 2. The largest absolute Gasteiger partial charge is 0.477 e. The monoisotopic (exact) mass is 526 g/mol. The molecule has 2 heterocycles. The molecule has 4 rings (SSSR count). The summed E-state index contributed by atoms with van der Waals surface area (Å²) in [5.74, 6) is -5.05. The summed E-state index contributed by atoms with van der Waals surface area (Å²) in [7, 11) is -3.39. The molecule has 8 nitrogen and oxygen atoms in total. The summed E-state index contributed by atoms with van der Waals surface area (Å²) in [6, 6.07) is 5.56. The molecule has 0 spiro atoms. The summed E-state index contributed by atoms with van der Waals surface area (Å²) in [5, 5.41) is 10.6. The quantitative estimate of drug-likeness (QED) is 0.504. The van der Waals surface area contributed by atoms with E-state index in [2.05, 4.69) is 0 Å². The third-order valence-corrected chi connectivity index (χ3v) is 8.24. The number of carbonyl (C=O) groups excluding carboxylic acids is 2. The van der Waals surface area contributed by atoms with Gasteiger partial charge in [0.1, 0.15) is 16.5 Å². The van der Waals surface area contributed by atoms with Gasteiger partial charge in [-0.15, -0.1) is 11.3 Å². The van der Waals surface area contributed by atoms with Crippen molar-refractivity contribution >= 4 is 62.1 Å². The van der Waals surface area contributed by atoms with E-state index < -0.39 is 50.0 Å². The highest BCUT2D eigenvalue weighted by Crippen LogP contribution is 2.37. The lowest BCUT2D eigenvalue weighted by atomic mass is 10.0. The lowest BCUT2D eigenvalue weighted by Crippen LogP contribution is -2.43. The van der Waals surface area contributed by atoms with Crippen LogP contribution in [0.1, 0.15) is 25.6 Å². The summed E-state index contributed by atoms with van der Waals surface area (Å²) in [6.45, 7) is 0. The minimum atomic E-state index is -4.44. The number of nitrogens with zero attached hydrogens (tertiary/aromatic N) is 2. The van der Waals surface area contributed by atoms with E-state index in [4.69, 9.17) is 11.6 Å². The fraction of sp³-hybridized carbons (Fsp3) is 0.0952. The van der Waals surface area contributed by atoms with E-state index >= 15 is 0 Å². The van der Waals surface area contributed by atoms with Crippen LogP contribution in [0.25, 0.3) is 0 Å². The van der Waals surface area contributed by atoms with Crippen molar-refractivity contribution in [2.45, 2.75) is 11.3 Å². The first-order valence-electron chi connectivity index (χ1n) is 9.38. The molecule has 176 valence electrons. The Morgan fingerprint density at radius 1 is 1.18 bits per heavy atom. The molecule has 2 aromatic carbocycles. The molecule has 0 fully saturated rings. The second-order valence-corrected chi connectivity index (χ2v) is 10.4. The SMILES string of the molecule is CN(c1ccc(F)cc1F)S(=O)(=O)c1ccc(Cl)c(N2C(=O)Cc3csc(C(=O)O)c3C2=O)c1. The van der Waals surface area contributed by atoms with Gasteiger partial charge in [0.2, 0.25) is 5.91 Å². The number of carboxylic acids is 1. The Balaban J connectivity index is 1.79. The van der Waals surface area contributed by atoms with Crippen LogP contribution in [-0.2, 0) is 21.2 Å². The predicted molar refractivity (Wildman–Crippen MR) is 120 cm³/mol. The number of sulfonamides is 1. The molecule has 1 aliphatic rings. The number of fused-ring (bicyclic) bond motifs is 1. The van der Waals surface area contributed by atoms with Gasteiger partial charge < -0.3 is 5.11 Å². The van der Waals surface area contributed by atoms with Crippen LogP contribution >= 0.6 is 22.9 Å². The zero-order valence-corrected chi connectivity index (χ0v) is 19.5. The highest BCUT2D eigenvalue weighted by Gasteiger charge is 2.38. The maximum Gasteiger partial charge on any atom is 0.346 e. The Hall–Kier alpha value is -3.35. The second kappa shape index (κ2) is 8.46. The van der Waals surface area contributed by atoms with Crippen LogP contribution in [0.4, 0.5) is 20.2 Å². The van der Waals surface area contributed by atoms with Crippen LogP contribution < -0.4 is 9.21 Å². The number of carbonyl (C=O) groups is 3. The van der Waals surface area contributed by atoms with Gasteiger partial charge >= 0.3 is 5.97 Å². The number of thiophene rings is 1. The fourth-order valence-corrected chi connectivity index (χ4v) is 5.80. The van der Waals surface area contributed by atoms with Crippen LogP contribution in [0.5, 0.6) is 0 Å². The summed E-state index contributed by atoms with van der Waals surface area (Å²) < 4.78 is 54.3. The normalized spacial score (nSPS) is 13.7. The molecular weight excluding hydrogens is 514 g/mol. The van der Waals surface area contributed by atoms with Crippen LogP contribution in [0.3, 0.4) is 0 Å². The van der Waals surface area contributed by atoms with Gasteiger partial charge in [-0.05, 0) is 41.3 Å². The van der Waals surface area contributed by atoms with Gasteiger partial charge in [-0.2, -0.15) is 0 Å². The Bertz CT molecular complexity index is 1490. The first-order valence-corrected chi connectivity index (χ1v) is 12.1. The van der Waals surface area contributed by atoms with E-state index in [1.54, 1.807) is 0 Å². The predicted octanol–water partition coefficient (Wildman–Crippen LogP) is 3.93. The van der Waals surface area contributed by atoms with Crippen molar-refractivity contribution in [2.24, 2.45) is 0 Å². The molecule has 34 heavy (non-hydrogen) atoms. The number of amides is 2. The maximum atomic E-state index is 14.2. The summed E-state index contributed by atoms with van der Waals surface area (Å²) >= 11 is 6.98. The van der Waals surface area contributed by atoms with E-state index in [0.717, 1.165) is 48.7 Å². The zero-order chi connectivity index (χ0) is 24.9. The molecule has 1 N–H and O–H groups in total. The second-order valence-electron chi connectivity index (χ2n) is 7.16. The summed E-state index contributed by atoms with van der Waals surface area (Å²) in [6.07, 6.45) is -0.293. The summed E-state index contributed by atoms with van der Waals surface area (Å²) in [4.78, 5) is 37.3. The van der Waals surface area contributed by atoms with Crippen LogP contribution in [0.15, 0.2) is 46.7 Å². The number of rotatable bonds is 5. The molecule has 0 atom stereocenters. The molecule has 1 aromatic heterocycles. The standard InChI is InChI=1S/C21H13ClF2N2O6S2/c1-25(15-5-2-11(23)7-14(15)24)34(31,32)12-3-4-13(22)16(8-12)26-17(27)6-10-9-33-19(21(29)30)18(10)20(26)28/h2-5,7-9H,6H2,1H3,(H,29,30). The van der Waals surface area contributed by atoms with Crippen molar-refractivity contribution in [3.8, 4) is 0 Å². The van der Waals surface area contributed by atoms with Gasteiger partial charge in [0, 0.05) is 13.1 Å². The number of aromatic carboxylic acids is 1. The van der Waals surface area contributed by atoms with E-state index in [9.17, 15) is 36.7 Å². The van der Waals surface area contributed by atoms with Crippen molar-refractivity contribution < 1.29 is 36.7 Å². The van der Waals surface area contributed by atoms with Crippen molar-refractivity contribution in [1.29, 1.82) is 0 Å². The summed E-state index contributed by atoms with van der Waals surface area (Å²) in [5.41, 5.74) is -0.636. The smallest absolute Gasteiger partial charge is 0.346 e. The van der Waals surface area contributed by atoms with Crippen LogP contribution in [0, 0.1) is 11.6 Å². The van der Waals surface area contributed by atoms with E-state index in [1.165, 1.54) is 5.38 Å². The van der Waals surface area contributed by atoms with Gasteiger partial charge in [-0.1, -0.05) is 11.6 Å². The first kappa shape index (κ1) is 23.8. The van der Waals surface area contributed by atoms with Gasteiger partial charge in [0.25, 0.3) is 15.9 Å². The number of hydrogen-bond acceptors (Lipinski definition) is 6. The minimum Gasteiger partial charge on any atom is -0.477 e. The average molecular weight is 527 g/mol. The molecular formula is C21H13ClF2N2O6S2. The molecule has 13 heteroatoms. The van der Waals surface area contributed by atoms with E-state index in [1.807, 2.05) is 0 Å². The Morgan fingerprint density at radius 3 is 2.53 bits per heavy atom. The number of halogens is 3. The van der Waals surface area contributed by atoms with Gasteiger partial charge in [0.05, 0.1) is 33.3 Å². The molecule has 1 aliphatic heterocycles. The van der Waals surface area contributed by atoms with Crippen molar-refractivity contribution in [3.63, 3.8) is 0 Å². The lowest BCUT2D eigenvalue weighted by molar-refractivity contribution is -0.117. The molecule has 0 radical (unpaired) electrons. The Labute approximate surface area is 200 Å². The fourth-order valence-electron chi connectivity index (χ4n) is 3.47. The molecule has 0 saturated carbocycles. The maximum absolute atomic E-state index is 14.2. The van der Waals surface area contributed by atoms with E-state index in [0.29, 0.717) is 15.3 Å². The average Bonchev–Trinajstić information content (AvgIpc) is 3.18. The minimum absolute atomic E-state index is 0.146. The third-order valence-electron chi connectivity index (χ3n) is 5.14. The third kappa shape index (κ3) is 3.83. The van der Waals surface area contributed by atoms with Gasteiger partial charge in [-0.25, -0.2) is 26.9 Å². The first-order chi connectivity index (χ1) is 15.9. The van der Waals surface area contributed by atoms with Crippen molar-refractivity contribution in [2.75, 3.05) is 16.3 Å². The molecule has 0 unspecified atom stereocenters. The Morgan fingerprint density at radius 2 is 1.88 bits per heavy atom. The van der Waals surface area contributed by atoms with Crippen molar-refractivity contribution in [3.05, 3.63) is 74.4 Å². The van der Waals surface area contributed by atoms with Gasteiger partial charge in [-0.3, -0.25) is 13.9 Å². The molecule has 2 amide bonds. The molecule has 3 aromatic rings. The highest BCUT2D eigenvalue weighted by atomic mass is 35.5. The van der Waals surface area contributed by atoms with Crippen LogP contribution in [0.2, 0.25) is 5.02 Å². The van der Waals surface area contributed by atoms with Crippen molar-refractivity contribution in [1.82, 2.24) is 0 Å². The topological polar surface area (TPSA) is 112 Å². The number of benzene rings is 2. The number of imide groups is 1.